The summed E-state index contributed by atoms with van der Waals surface area (Å²) in [6.45, 7) is 4.13. The summed E-state index contributed by atoms with van der Waals surface area (Å²) in [5.41, 5.74) is 0. The molecule has 0 aliphatic rings. The summed E-state index contributed by atoms with van der Waals surface area (Å²) in [7, 11) is 0. The lowest BCUT2D eigenvalue weighted by atomic mass is 10.0. The molecule has 0 fully saturated rings. The van der Waals surface area contributed by atoms with Crippen LogP contribution in [0.4, 0.5) is 0 Å². The van der Waals surface area contributed by atoms with E-state index in [-0.39, 0.29) is 25.2 Å². The highest BCUT2D eigenvalue weighted by atomic mass is 16.6. The summed E-state index contributed by atoms with van der Waals surface area (Å²) in [5.74, 6) is -0.583. The fourth-order valence-corrected chi connectivity index (χ4v) is 4.85. The smallest absolute Gasteiger partial charge is 0.306 e. The monoisotopic (exact) mass is 540 g/mol. The van der Waals surface area contributed by atoms with Crippen molar-refractivity contribution in [1.29, 1.82) is 0 Å². The summed E-state index contributed by atoms with van der Waals surface area (Å²) < 4.78 is 10.5. The number of carbonyl (C=O) groups is 2. The number of aliphatic hydroxyl groups is 1. The minimum Gasteiger partial charge on any atom is -0.462 e. The Morgan fingerprint density at radius 1 is 0.500 bits per heavy atom. The quantitative estimate of drug-likeness (QED) is 0.0725. The van der Waals surface area contributed by atoms with Gasteiger partial charge in [-0.2, -0.15) is 0 Å². The van der Waals surface area contributed by atoms with Gasteiger partial charge in [0, 0.05) is 12.8 Å². The maximum absolute atomic E-state index is 12.1. The van der Waals surface area contributed by atoms with Gasteiger partial charge in [-0.1, -0.05) is 155 Å². The SMILES string of the molecule is CCCCCCCCCCCCCCC(=O)OCC(CO)OC(=O)CCCCCCCCCCCCCC. The van der Waals surface area contributed by atoms with Gasteiger partial charge in [0.2, 0.25) is 0 Å². The number of ether oxygens (including phenoxy) is 2. The van der Waals surface area contributed by atoms with Gasteiger partial charge in [0.05, 0.1) is 6.61 Å². The molecule has 5 heteroatoms. The van der Waals surface area contributed by atoms with E-state index in [0.29, 0.717) is 12.8 Å². The van der Waals surface area contributed by atoms with Crippen LogP contribution in [0.15, 0.2) is 0 Å². The van der Waals surface area contributed by atoms with E-state index in [1.807, 2.05) is 0 Å². The fraction of sp³-hybridized carbons (Fsp3) is 0.939. The molecule has 0 radical (unpaired) electrons. The van der Waals surface area contributed by atoms with Crippen LogP contribution in [0.5, 0.6) is 0 Å². The van der Waals surface area contributed by atoms with Crippen molar-refractivity contribution in [2.75, 3.05) is 13.2 Å². The minimum absolute atomic E-state index is 0.0578. The minimum atomic E-state index is -0.759. The molecule has 0 amide bonds. The predicted molar refractivity (Wildman–Crippen MR) is 159 cm³/mol. The summed E-state index contributed by atoms with van der Waals surface area (Å²) >= 11 is 0. The number of unbranched alkanes of at least 4 members (excludes halogenated alkanes) is 22. The average molecular weight is 541 g/mol. The van der Waals surface area contributed by atoms with Gasteiger partial charge in [0.25, 0.3) is 0 Å². The molecule has 38 heavy (non-hydrogen) atoms. The van der Waals surface area contributed by atoms with Gasteiger partial charge in [-0.25, -0.2) is 0 Å². The topological polar surface area (TPSA) is 72.8 Å². The molecule has 0 aromatic heterocycles. The summed E-state index contributed by atoms with van der Waals surface area (Å²) in [4.78, 5) is 24.0. The van der Waals surface area contributed by atoms with Gasteiger partial charge in [-0.3, -0.25) is 9.59 Å². The van der Waals surface area contributed by atoms with E-state index in [9.17, 15) is 14.7 Å². The van der Waals surface area contributed by atoms with Crippen molar-refractivity contribution in [3.63, 3.8) is 0 Å². The molecule has 226 valence electrons. The molecule has 0 aliphatic carbocycles. The molecule has 0 spiro atoms. The highest BCUT2D eigenvalue weighted by molar-refractivity contribution is 5.70. The number of esters is 2. The molecule has 1 N–H and O–H groups in total. The molecular weight excluding hydrogens is 476 g/mol. The van der Waals surface area contributed by atoms with Crippen LogP contribution in [-0.2, 0) is 19.1 Å². The Morgan fingerprint density at radius 3 is 1.16 bits per heavy atom. The first-order valence-electron chi connectivity index (χ1n) is 16.6. The standard InChI is InChI=1S/C33H64O5/c1-3-5-7-9-11-13-15-17-19-21-23-25-27-32(35)37-30-31(29-34)38-33(36)28-26-24-22-20-18-16-14-12-10-8-6-4-2/h31,34H,3-30H2,1-2H3. The second kappa shape index (κ2) is 30.4. The van der Waals surface area contributed by atoms with Gasteiger partial charge in [0.15, 0.2) is 6.10 Å². The molecule has 0 heterocycles. The maximum Gasteiger partial charge on any atom is 0.306 e. The van der Waals surface area contributed by atoms with Crippen molar-refractivity contribution in [2.45, 2.75) is 187 Å². The van der Waals surface area contributed by atoms with Crippen molar-refractivity contribution in [3.05, 3.63) is 0 Å². The molecule has 0 bridgehead atoms. The average Bonchev–Trinajstić information content (AvgIpc) is 2.92. The fourth-order valence-electron chi connectivity index (χ4n) is 4.85. The zero-order valence-corrected chi connectivity index (χ0v) is 25.5. The van der Waals surface area contributed by atoms with Gasteiger partial charge in [0.1, 0.15) is 6.61 Å². The highest BCUT2D eigenvalue weighted by Crippen LogP contribution is 2.14. The van der Waals surface area contributed by atoms with E-state index in [4.69, 9.17) is 9.47 Å². The third-order valence-electron chi connectivity index (χ3n) is 7.40. The second-order valence-electron chi connectivity index (χ2n) is 11.3. The van der Waals surface area contributed by atoms with Gasteiger partial charge in [-0.05, 0) is 12.8 Å². The molecule has 0 saturated carbocycles. The molecule has 0 aromatic rings. The first-order chi connectivity index (χ1) is 18.6. The van der Waals surface area contributed by atoms with Crippen molar-refractivity contribution in [1.82, 2.24) is 0 Å². The van der Waals surface area contributed by atoms with Crippen LogP contribution in [0, 0.1) is 0 Å². The molecule has 5 nitrogen and oxygen atoms in total. The van der Waals surface area contributed by atoms with Crippen LogP contribution >= 0.6 is 0 Å². The summed E-state index contributed by atoms with van der Waals surface area (Å²) in [6, 6.07) is 0. The highest BCUT2D eigenvalue weighted by Gasteiger charge is 2.16. The Balaban J connectivity index is 3.54. The Kier molecular flexibility index (Phi) is 29.6. The van der Waals surface area contributed by atoms with Crippen molar-refractivity contribution in [3.8, 4) is 0 Å². The van der Waals surface area contributed by atoms with E-state index in [1.165, 1.54) is 122 Å². The normalized spacial score (nSPS) is 12.0. The van der Waals surface area contributed by atoms with Gasteiger partial charge >= 0.3 is 11.9 Å². The van der Waals surface area contributed by atoms with Crippen molar-refractivity contribution in [2.24, 2.45) is 0 Å². The largest absolute Gasteiger partial charge is 0.462 e. The number of hydrogen-bond donors (Lipinski definition) is 1. The zero-order chi connectivity index (χ0) is 27.9. The molecule has 0 rings (SSSR count). The summed E-state index contributed by atoms with van der Waals surface area (Å²) in [6.07, 6.45) is 30.1. The second-order valence-corrected chi connectivity index (χ2v) is 11.3. The zero-order valence-electron chi connectivity index (χ0n) is 25.5. The lowest BCUT2D eigenvalue weighted by Crippen LogP contribution is -2.28. The Bertz CT molecular complexity index is 508. The van der Waals surface area contributed by atoms with Crippen molar-refractivity contribution < 1.29 is 24.2 Å². The van der Waals surface area contributed by atoms with E-state index in [0.717, 1.165) is 32.1 Å². The lowest BCUT2D eigenvalue weighted by molar-refractivity contribution is -0.161. The van der Waals surface area contributed by atoms with E-state index < -0.39 is 6.10 Å². The van der Waals surface area contributed by atoms with E-state index in [1.54, 1.807) is 0 Å². The van der Waals surface area contributed by atoms with Crippen LogP contribution in [0.2, 0.25) is 0 Å². The Hall–Kier alpha value is -1.10. The first-order valence-corrected chi connectivity index (χ1v) is 16.6. The van der Waals surface area contributed by atoms with Crippen LogP contribution in [-0.4, -0.2) is 36.4 Å². The van der Waals surface area contributed by atoms with E-state index >= 15 is 0 Å². The third kappa shape index (κ3) is 27.9. The predicted octanol–water partition coefficient (Wildman–Crippen LogP) is 9.62. The van der Waals surface area contributed by atoms with Crippen LogP contribution < -0.4 is 0 Å². The first kappa shape index (κ1) is 36.9. The summed E-state index contributed by atoms with van der Waals surface area (Å²) in [5, 5.41) is 9.48. The van der Waals surface area contributed by atoms with Crippen LogP contribution in [0.1, 0.15) is 181 Å². The lowest BCUT2D eigenvalue weighted by Gasteiger charge is -2.15. The molecule has 1 atom stereocenters. The Morgan fingerprint density at radius 2 is 0.816 bits per heavy atom. The van der Waals surface area contributed by atoms with Gasteiger partial charge in [-0.15, -0.1) is 0 Å². The number of carbonyl (C=O) groups excluding carboxylic acids is 2. The maximum atomic E-state index is 12.1. The molecule has 0 aliphatic heterocycles. The van der Waals surface area contributed by atoms with Crippen molar-refractivity contribution >= 4 is 11.9 Å². The van der Waals surface area contributed by atoms with E-state index in [2.05, 4.69) is 13.8 Å². The van der Waals surface area contributed by atoms with Crippen LogP contribution in [0.25, 0.3) is 0 Å². The molecule has 0 saturated heterocycles. The molecule has 1 unspecified atom stereocenters. The number of rotatable bonds is 30. The van der Waals surface area contributed by atoms with Gasteiger partial charge < -0.3 is 14.6 Å². The molecule has 0 aromatic carbocycles. The third-order valence-corrected chi connectivity index (χ3v) is 7.40. The Labute approximate surface area is 236 Å². The number of aliphatic hydroxyl groups excluding tert-OH is 1. The molecular formula is C33H64O5. The van der Waals surface area contributed by atoms with Crippen LogP contribution in [0.3, 0.4) is 0 Å². The number of hydrogen-bond acceptors (Lipinski definition) is 5.